The lowest BCUT2D eigenvalue weighted by molar-refractivity contribution is -0.136. The van der Waals surface area contributed by atoms with Gasteiger partial charge < -0.3 is 10.2 Å². The first-order valence-electron chi connectivity index (χ1n) is 6.45. The molecule has 1 N–H and O–H groups in total. The van der Waals surface area contributed by atoms with Crippen LogP contribution in [0.3, 0.4) is 0 Å². The van der Waals surface area contributed by atoms with Gasteiger partial charge in [-0.1, -0.05) is 11.6 Å². The van der Waals surface area contributed by atoms with Gasteiger partial charge in [0, 0.05) is 18.3 Å². The first-order chi connectivity index (χ1) is 10.1. The third-order valence-electron chi connectivity index (χ3n) is 3.08. The smallest absolute Gasteiger partial charge is 0.342 e. The number of ether oxygens (including phenoxy) is 1. The standard InChI is InChI=1S/C14H13ClN4O2/c1-3-21-14(20)9-7-16-19(2)13-12(9)17-11-6-8(15)4-5-10(11)18-13/h4-7,16H,3H2,1-2H3. The van der Waals surface area contributed by atoms with Gasteiger partial charge in [0.15, 0.2) is 5.82 Å². The van der Waals surface area contributed by atoms with Crippen LogP contribution >= 0.6 is 11.6 Å². The van der Waals surface area contributed by atoms with Crippen LogP contribution in [0.5, 0.6) is 0 Å². The number of anilines is 1. The molecule has 3 rings (SSSR count). The van der Waals surface area contributed by atoms with Gasteiger partial charge in [-0.2, -0.15) is 0 Å². The number of hydrogen-bond acceptors (Lipinski definition) is 6. The fraction of sp³-hybridized carbons (Fsp3) is 0.214. The average Bonchev–Trinajstić information content (AvgIpc) is 2.46. The number of nitrogens with one attached hydrogen (secondary N) is 1. The monoisotopic (exact) mass is 304 g/mol. The highest BCUT2D eigenvalue weighted by Crippen LogP contribution is 2.29. The van der Waals surface area contributed by atoms with Crippen LogP contribution in [-0.4, -0.2) is 29.6 Å². The molecule has 1 aromatic carbocycles. The highest BCUT2D eigenvalue weighted by Gasteiger charge is 2.26. The Morgan fingerprint density at radius 1 is 1.38 bits per heavy atom. The van der Waals surface area contributed by atoms with Gasteiger partial charge >= 0.3 is 5.97 Å². The molecule has 1 aliphatic rings. The molecule has 0 spiro atoms. The normalized spacial score (nSPS) is 13.5. The molecule has 6 nitrogen and oxygen atoms in total. The zero-order chi connectivity index (χ0) is 15.0. The number of hydrogen-bond donors (Lipinski definition) is 1. The van der Waals surface area contributed by atoms with Gasteiger partial charge in [0.2, 0.25) is 0 Å². The molecule has 0 amide bonds. The summed E-state index contributed by atoms with van der Waals surface area (Å²) in [6.45, 7) is 2.06. The molecule has 21 heavy (non-hydrogen) atoms. The second kappa shape index (κ2) is 5.21. The number of hydrazine groups is 1. The van der Waals surface area contributed by atoms with E-state index in [9.17, 15) is 4.79 Å². The summed E-state index contributed by atoms with van der Waals surface area (Å²) in [5.41, 5.74) is 5.11. The molecule has 0 saturated heterocycles. The Morgan fingerprint density at radius 3 is 2.95 bits per heavy atom. The van der Waals surface area contributed by atoms with Crippen molar-refractivity contribution >= 4 is 40.0 Å². The number of halogens is 1. The van der Waals surface area contributed by atoms with Crippen LogP contribution in [-0.2, 0) is 9.53 Å². The molecule has 7 heteroatoms. The van der Waals surface area contributed by atoms with Gasteiger partial charge in [0.1, 0.15) is 11.3 Å². The summed E-state index contributed by atoms with van der Waals surface area (Å²) in [5, 5.41) is 2.26. The van der Waals surface area contributed by atoms with E-state index in [0.717, 1.165) is 0 Å². The largest absolute Gasteiger partial charge is 0.462 e. The van der Waals surface area contributed by atoms with Crippen molar-refractivity contribution in [3.63, 3.8) is 0 Å². The van der Waals surface area contributed by atoms with Gasteiger partial charge in [-0.15, -0.1) is 0 Å². The SMILES string of the molecule is CCOC(=O)C1=CNN(C)c2nc3ccc(Cl)cc3nc21. The Labute approximate surface area is 126 Å². The van der Waals surface area contributed by atoms with Crippen molar-refractivity contribution in [1.29, 1.82) is 0 Å². The van der Waals surface area contributed by atoms with Crippen LogP contribution in [0.4, 0.5) is 5.82 Å². The maximum Gasteiger partial charge on any atom is 0.342 e. The molecule has 0 radical (unpaired) electrons. The topological polar surface area (TPSA) is 67.3 Å². The van der Waals surface area contributed by atoms with Crippen LogP contribution in [0.1, 0.15) is 12.6 Å². The summed E-state index contributed by atoms with van der Waals surface area (Å²) in [6, 6.07) is 5.26. The highest BCUT2D eigenvalue weighted by molar-refractivity contribution is 6.31. The molecular formula is C14H13ClN4O2. The van der Waals surface area contributed by atoms with Crippen molar-refractivity contribution in [2.45, 2.75) is 6.92 Å². The van der Waals surface area contributed by atoms with E-state index in [0.29, 0.717) is 39.7 Å². The molecule has 2 aromatic rings. The summed E-state index contributed by atoms with van der Waals surface area (Å²) in [7, 11) is 1.80. The number of nitrogens with zero attached hydrogens (tertiary/aromatic N) is 3. The van der Waals surface area contributed by atoms with E-state index in [1.807, 2.05) is 0 Å². The van der Waals surface area contributed by atoms with Crippen LogP contribution in [0, 0.1) is 0 Å². The van der Waals surface area contributed by atoms with E-state index >= 15 is 0 Å². The summed E-state index contributed by atoms with van der Waals surface area (Å²) in [6.07, 6.45) is 1.56. The van der Waals surface area contributed by atoms with E-state index in [1.54, 1.807) is 43.4 Å². The molecular weight excluding hydrogens is 292 g/mol. The van der Waals surface area contributed by atoms with Crippen molar-refractivity contribution in [1.82, 2.24) is 15.4 Å². The lowest BCUT2D eigenvalue weighted by Crippen LogP contribution is -2.36. The lowest BCUT2D eigenvalue weighted by atomic mass is 10.1. The fourth-order valence-corrected chi connectivity index (χ4v) is 2.25. The number of aromatic nitrogens is 2. The van der Waals surface area contributed by atoms with Crippen molar-refractivity contribution in [2.24, 2.45) is 0 Å². The fourth-order valence-electron chi connectivity index (χ4n) is 2.09. The summed E-state index contributed by atoms with van der Waals surface area (Å²) < 4.78 is 5.05. The van der Waals surface area contributed by atoms with E-state index in [2.05, 4.69) is 15.4 Å². The van der Waals surface area contributed by atoms with E-state index < -0.39 is 5.97 Å². The Bertz CT molecular complexity index is 760. The number of benzene rings is 1. The first kappa shape index (κ1) is 13.6. The number of esters is 1. The highest BCUT2D eigenvalue weighted by atomic mass is 35.5. The van der Waals surface area contributed by atoms with E-state index in [4.69, 9.17) is 16.3 Å². The van der Waals surface area contributed by atoms with Gasteiger partial charge in [-0.3, -0.25) is 5.01 Å². The quantitative estimate of drug-likeness (QED) is 0.858. The van der Waals surface area contributed by atoms with Crippen molar-refractivity contribution in [3.8, 4) is 0 Å². The summed E-state index contributed by atoms with van der Waals surface area (Å²) in [5.74, 6) is 0.130. The summed E-state index contributed by atoms with van der Waals surface area (Å²) >= 11 is 5.98. The summed E-state index contributed by atoms with van der Waals surface area (Å²) in [4.78, 5) is 21.1. The molecule has 0 fully saturated rings. The molecule has 0 aliphatic carbocycles. The number of carbonyl (C=O) groups is 1. The van der Waals surface area contributed by atoms with Gasteiger partial charge in [0.05, 0.1) is 17.6 Å². The zero-order valence-corrected chi connectivity index (χ0v) is 12.3. The maximum atomic E-state index is 12.0. The predicted octanol–water partition coefficient (Wildman–Crippen LogP) is 2.14. The first-order valence-corrected chi connectivity index (χ1v) is 6.83. The molecule has 1 aromatic heterocycles. The second-order valence-electron chi connectivity index (χ2n) is 4.50. The van der Waals surface area contributed by atoms with Gasteiger partial charge in [-0.25, -0.2) is 14.8 Å². The van der Waals surface area contributed by atoms with Crippen LogP contribution in [0.2, 0.25) is 5.02 Å². The molecule has 1 aliphatic heterocycles. The lowest BCUT2D eigenvalue weighted by Gasteiger charge is -2.26. The van der Waals surface area contributed by atoms with E-state index in [-0.39, 0.29) is 0 Å². The molecule has 0 unspecified atom stereocenters. The molecule has 0 saturated carbocycles. The Kier molecular flexibility index (Phi) is 3.39. The van der Waals surface area contributed by atoms with Crippen LogP contribution in [0.15, 0.2) is 24.4 Å². The number of carbonyl (C=O) groups excluding carboxylic acids is 1. The minimum absolute atomic E-state index is 0.300. The van der Waals surface area contributed by atoms with Gasteiger partial charge in [-0.05, 0) is 25.1 Å². The van der Waals surface area contributed by atoms with Crippen LogP contribution in [0.25, 0.3) is 16.6 Å². The Balaban J connectivity index is 2.18. The molecule has 2 heterocycles. The maximum absolute atomic E-state index is 12.0. The predicted molar refractivity (Wildman–Crippen MR) is 80.7 cm³/mol. The zero-order valence-electron chi connectivity index (χ0n) is 11.6. The third-order valence-corrected chi connectivity index (χ3v) is 3.31. The minimum Gasteiger partial charge on any atom is -0.462 e. The molecule has 108 valence electrons. The van der Waals surface area contributed by atoms with Crippen LogP contribution < -0.4 is 10.4 Å². The molecule has 0 bridgehead atoms. The Morgan fingerprint density at radius 2 is 2.19 bits per heavy atom. The van der Waals surface area contributed by atoms with Crippen molar-refractivity contribution < 1.29 is 9.53 Å². The minimum atomic E-state index is -0.435. The number of rotatable bonds is 2. The number of fused-ring (bicyclic) bond motifs is 2. The average molecular weight is 305 g/mol. The Hall–Kier alpha value is -2.34. The van der Waals surface area contributed by atoms with Crippen molar-refractivity contribution in [2.75, 3.05) is 18.7 Å². The van der Waals surface area contributed by atoms with E-state index in [1.165, 1.54) is 0 Å². The van der Waals surface area contributed by atoms with Crippen molar-refractivity contribution in [3.05, 3.63) is 35.1 Å². The second-order valence-corrected chi connectivity index (χ2v) is 4.93. The third kappa shape index (κ3) is 2.38. The van der Waals surface area contributed by atoms with Gasteiger partial charge in [0.25, 0.3) is 0 Å². The molecule has 0 atom stereocenters.